The first-order valence-corrected chi connectivity index (χ1v) is 9.38. The van der Waals surface area contributed by atoms with Crippen LogP contribution in [-0.2, 0) is 9.05 Å². The van der Waals surface area contributed by atoms with Crippen LogP contribution in [0.2, 0.25) is 0 Å². The Morgan fingerprint density at radius 2 is 1.67 bits per heavy atom. The molecule has 0 fully saturated rings. The van der Waals surface area contributed by atoms with Crippen LogP contribution in [0.15, 0.2) is 24.3 Å². The van der Waals surface area contributed by atoms with Gasteiger partial charge in [0.2, 0.25) is 9.05 Å². The van der Waals surface area contributed by atoms with Gasteiger partial charge in [-0.1, -0.05) is 32.9 Å². The number of rotatable bonds is 7. The van der Waals surface area contributed by atoms with Gasteiger partial charge < -0.3 is 9.47 Å². The Kier molecular flexibility index (Phi) is 6.35. The van der Waals surface area contributed by atoms with Gasteiger partial charge in [0.1, 0.15) is 0 Å². The highest BCUT2D eigenvalue weighted by Gasteiger charge is 2.29. The van der Waals surface area contributed by atoms with Crippen LogP contribution in [0, 0.1) is 11.3 Å². The van der Waals surface area contributed by atoms with Gasteiger partial charge in [-0.15, -0.1) is 0 Å². The summed E-state index contributed by atoms with van der Waals surface area (Å²) < 4.78 is 34.0. The van der Waals surface area contributed by atoms with Crippen molar-refractivity contribution in [2.24, 2.45) is 11.3 Å². The lowest BCUT2D eigenvalue weighted by Gasteiger charge is -2.29. The second-order valence-electron chi connectivity index (χ2n) is 5.96. The fraction of sp³-hybridized carbons (Fsp3) is 0.600. The quantitative estimate of drug-likeness (QED) is 0.713. The Morgan fingerprint density at radius 3 is 2.10 bits per heavy atom. The number of benzene rings is 1. The summed E-state index contributed by atoms with van der Waals surface area (Å²) in [4.78, 5) is 0. The maximum atomic E-state index is 11.4. The molecule has 1 aromatic rings. The summed E-state index contributed by atoms with van der Waals surface area (Å²) in [7, 11) is 1.82. The van der Waals surface area contributed by atoms with Crippen LogP contribution in [-0.4, -0.2) is 27.4 Å². The summed E-state index contributed by atoms with van der Waals surface area (Å²) in [5.41, 5.74) is -0.234. The molecule has 0 N–H and O–H groups in total. The van der Waals surface area contributed by atoms with Crippen LogP contribution in [0.5, 0.6) is 11.5 Å². The molecule has 120 valence electrons. The third-order valence-corrected chi connectivity index (χ3v) is 4.39. The largest absolute Gasteiger partial charge is 0.490 e. The standard InChI is InChI=1S/C15H23ClO4S/c1-5-19-13-8-6-7-9-14(13)20-10-12(15(2,3)4)11-21(16,17)18/h6-9,12H,5,10-11H2,1-4H3. The van der Waals surface area contributed by atoms with Gasteiger partial charge in [0.05, 0.1) is 19.0 Å². The highest BCUT2D eigenvalue weighted by molar-refractivity contribution is 8.13. The molecule has 1 atom stereocenters. The maximum absolute atomic E-state index is 11.4. The molecular formula is C15H23ClO4S. The van der Waals surface area contributed by atoms with Gasteiger partial charge in [-0.25, -0.2) is 8.42 Å². The minimum Gasteiger partial charge on any atom is -0.490 e. The number of hydrogen-bond donors (Lipinski definition) is 0. The second kappa shape index (κ2) is 7.36. The number of ether oxygens (including phenoxy) is 2. The minimum atomic E-state index is -3.57. The van der Waals surface area contributed by atoms with Crippen molar-refractivity contribution in [1.29, 1.82) is 0 Å². The Bertz CT molecular complexity index is 549. The topological polar surface area (TPSA) is 52.6 Å². The molecule has 0 aliphatic carbocycles. The monoisotopic (exact) mass is 334 g/mol. The van der Waals surface area contributed by atoms with E-state index in [-0.39, 0.29) is 23.7 Å². The van der Waals surface area contributed by atoms with E-state index in [1.165, 1.54) is 0 Å². The molecular weight excluding hydrogens is 312 g/mol. The van der Waals surface area contributed by atoms with Gasteiger partial charge >= 0.3 is 0 Å². The van der Waals surface area contributed by atoms with Crippen LogP contribution in [0.4, 0.5) is 0 Å². The van der Waals surface area contributed by atoms with Crippen molar-refractivity contribution in [2.75, 3.05) is 19.0 Å². The Balaban J connectivity index is 2.82. The van der Waals surface area contributed by atoms with Crippen LogP contribution < -0.4 is 9.47 Å². The first-order chi connectivity index (χ1) is 9.63. The molecule has 0 saturated heterocycles. The van der Waals surface area contributed by atoms with E-state index in [1.807, 2.05) is 45.9 Å². The maximum Gasteiger partial charge on any atom is 0.233 e. The first kappa shape index (κ1) is 18.1. The van der Waals surface area contributed by atoms with E-state index >= 15 is 0 Å². The average molecular weight is 335 g/mol. The van der Waals surface area contributed by atoms with Gasteiger partial charge in [-0.3, -0.25) is 0 Å². The Morgan fingerprint density at radius 1 is 1.14 bits per heavy atom. The lowest BCUT2D eigenvalue weighted by molar-refractivity contribution is 0.158. The summed E-state index contributed by atoms with van der Waals surface area (Å²) in [6, 6.07) is 7.34. The van der Waals surface area contributed by atoms with Crippen molar-refractivity contribution in [2.45, 2.75) is 27.7 Å². The molecule has 0 bridgehead atoms. The molecule has 1 aromatic carbocycles. The van der Waals surface area contributed by atoms with Gasteiger partial charge in [0.25, 0.3) is 0 Å². The highest BCUT2D eigenvalue weighted by atomic mass is 35.7. The molecule has 6 heteroatoms. The SMILES string of the molecule is CCOc1ccccc1OCC(CS(=O)(=O)Cl)C(C)(C)C. The smallest absolute Gasteiger partial charge is 0.233 e. The molecule has 0 spiro atoms. The Labute approximate surface area is 131 Å². The summed E-state index contributed by atoms with van der Waals surface area (Å²) in [6.45, 7) is 8.61. The number of para-hydroxylation sites is 2. The number of hydrogen-bond acceptors (Lipinski definition) is 4. The van der Waals surface area contributed by atoms with E-state index in [4.69, 9.17) is 20.2 Å². The van der Waals surface area contributed by atoms with Crippen molar-refractivity contribution in [3.8, 4) is 11.5 Å². The zero-order chi connectivity index (χ0) is 16.1. The molecule has 0 aliphatic heterocycles. The van der Waals surface area contributed by atoms with E-state index in [9.17, 15) is 8.42 Å². The highest BCUT2D eigenvalue weighted by Crippen LogP contribution is 2.31. The van der Waals surface area contributed by atoms with Gasteiger partial charge in [0.15, 0.2) is 11.5 Å². The minimum absolute atomic E-state index is 0.116. The summed E-state index contributed by atoms with van der Waals surface area (Å²) in [5, 5.41) is 0. The molecule has 1 rings (SSSR count). The van der Waals surface area contributed by atoms with Crippen LogP contribution in [0.1, 0.15) is 27.7 Å². The molecule has 4 nitrogen and oxygen atoms in total. The average Bonchev–Trinajstić information content (AvgIpc) is 2.34. The lowest BCUT2D eigenvalue weighted by atomic mass is 9.82. The molecule has 0 radical (unpaired) electrons. The third-order valence-electron chi connectivity index (χ3n) is 3.21. The predicted octanol–water partition coefficient (Wildman–Crippen LogP) is 3.70. The second-order valence-corrected chi connectivity index (χ2v) is 8.78. The fourth-order valence-corrected chi connectivity index (χ4v) is 3.36. The van der Waals surface area contributed by atoms with Crippen molar-refractivity contribution < 1.29 is 17.9 Å². The molecule has 1 unspecified atom stereocenters. The number of halogens is 1. The van der Waals surface area contributed by atoms with Gasteiger partial charge in [0, 0.05) is 16.6 Å². The third kappa shape index (κ3) is 6.57. The van der Waals surface area contributed by atoms with Gasteiger partial charge in [-0.05, 0) is 24.5 Å². The zero-order valence-corrected chi connectivity index (χ0v) is 14.5. The molecule has 0 amide bonds. The van der Waals surface area contributed by atoms with E-state index in [1.54, 1.807) is 6.07 Å². The van der Waals surface area contributed by atoms with Crippen LogP contribution in [0.25, 0.3) is 0 Å². The zero-order valence-electron chi connectivity index (χ0n) is 12.9. The van der Waals surface area contributed by atoms with Crippen molar-refractivity contribution in [3.05, 3.63) is 24.3 Å². The molecule has 0 heterocycles. The summed E-state index contributed by atoms with van der Waals surface area (Å²) in [6.07, 6.45) is 0. The molecule has 0 aromatic heterocycles. The lowest BCUT2D eigenvalue weighted by Crippen LogP contribution is -2.31. The van der Waals surface area contributed by atoms with Crippen molar-refractivity contribution >= 4 is 19.7 Å². The molecule has 0 aliphatic rings. The summed E-state index contributed by atoms with van der Waals surface area (Å²) >= 11 is 0. The van der Waals surface area contributed by atoms with E-state index in [0.29, 0.717) is 18.1 Å². The van der Waals surface area contributed by atoms with Crippen molar-refractivity contribution in [3.63, 3.8) is 0 Å². The van der Waals surface area contributed by atoms with E-state index in [2.05, 4.69) is 0 Å². The molecule has 21 heavy (non-hydrogen) atoms. The Hall–Kier alpha value is -0.940. The fourth-order valence-electron chi connectivity index (χ4n) is 1.82. The van der Waals surface area contributed by atoms with Crippen LogP contribution >= 0.6 is 10.7 Å². The molecule has 0 saturated carbocycles. The first-order valence-electron chi connectivity index (χ1n) is 6.90. The van der Waals surface area contributed by atoms with E-state index in [0.717, 1.165) is 0 Å². The van der Waals surface area contributed by atoms with Crippen LogP contribution in [0.3, 0.4) is 0 Å². The predicted molar refractivity (Wildman–Crippen MR) is 85.7 cm³/mol. The van der Waals surface area contributed by atoms with E-state index < -0.39 is 9.05 Å². The summed E-state index contributed by atoms with van der Waals surface area (Å²) in [5.74, 6) is 0.936. The normalized spacial score (nSPS) is 13.8. The van der Waals surface area contributed by atoms with Gasteiger partial charge in [-0.2, -0.15) is 0 Å². The van der Waals surface area contributed by atoms with Crippen molar-refractivity contribution in [1.82, 2.24) is 0 Å².